The number of pyridine rings is 1. The predicted molar refractivity (Wildman–Crippen MR) is 84.3 cm³/mol. The average molecular weight is 321 g/mol. The van der Waals surface area contributed by atoms with Gasteiger partial charge in [-0.15, -0.1) is 0 Å². The van der Waals surface area contributed by atoms with E-state index in [4.69, 9.17) is 21.1 Å². The number of nitrogens with one attached hydrogen (secondary N) is 1. The van der Waals surface area contributed by atoms with Gasteiger partial charge in [0.05, 0.1) is 12.7 Å². The largest absolute Gasteiger partial charge is 0.487 e. The molecule has 22 heavy (non-hydrogen) atoms. The topological polar surface area (TPSA) is 60.5 Å². The number of halogens is 1. The lowest BCUT2D eigenvalue weighted by Gasteiger charge is -2.15. The predicted octanol–water partition coefficient (Wildman–Crippen LogP) is 2.70. The Bertz CT molecular complexity index is 590. The van der Waals surface area contributed by atoms with Crippen LogP contribution in [0.3, 0.4) is 0 Å². The monoisotopic (exact) mass is 320 g/mol. The van der Waals surface area contributed by atoms with Crippen LogP contribution >= 0.6 is 11.6 Å². The zero-order valence-electron chi connectivity index (χ0n) is 12.2. The Kier molecular flexibility index (Phi) is 6.03. The lowest BCUT2D eigenvalue weighted by Crippen LogP contribution is -2.36. The van der Waals surface area contributed by atoms with Gasteiger partial charge in [-0.05, 0) is 43.3 Å². The second-order valence-electron chi connectivity index (χ2n) is 4.66. The van der Waals surface area contributed by atoms with Crippen molar-refractivity contribution < 1.29 is 14.3 Å². The van der Waals surface area contributed by atoms with Crippen molar-refractivity contribution in [2.75, 3.05) is 13.2 Å². The summed E-state index contributed by atoms with van der Waals surface area (Å²) in [6, 6.07) is 10.4. The molecule has 0 bridgehead atoms. The molecule has 5 nitrogen and oxygen atoms in total. The number of aromatic nitrogens is 1. The highest BCUT2D eigenvalue weighted by molar-refractivity contribution is 6.30. The Labute approximate surface area is 134 Å². The number of hydrogen-bond donors (Lipinski definition) is 1. The summed E-state index contributed by atoms with van der Waals surface area (Å²) in [7, 11) is 0. The van der Waals surface area contributed by atoms with Crippen LogP contribution in [0.5, 0.6) is 11.5 Å². The van der Waals surface area contributed by atoms with Crippen molar-refractivity contribution in [2.45, 2.75) is 13.0 Å². The molecule has 0 spiro atoms. The summed E-state index contributed by atoms with van der Waals surface area (Å²) in [5, 5.41) is 3.37. The fourth-order valence-electron chi connectivity index (χ4n) is 1.68. The minimum atomic E-state index is -0.211. The van der Waals surface area contributed by atoms with Crippen LogP contribution in [-0.4, -0.2) is 30.1 Å². The molecular weight excluding hydrogens is 304 g/mol. The van der Waals surface area contributed by atoms with Crippen LogP contribution in [-0.2, 0) is 4.79 Å². The van der Waals surface area contributed by atoms with E-state index in [9.17, 15) is 4.79 Å². The summed E-state index contributed by atoms with van der Waals surface area (Å²) in [4.78, 5) is 15.7. The lowest BCUT2D eigenvalue weighted by atomic mass is 10.3. The summed E-state index contributed by atoms with van der Waals surface area (Å²) in [6.07, 6.45) is 3.14. The zero-order valence-corrected chi connectivity index (χ0v) is 12.9. The summed E-state index contributed by atoms with van der Waals surface area (Å²) in [5.74, 6) is 1.05. The molecule has 0 aliphatic heterocycles. The quantitative estimate of drug-likeness (QED) is 0.852. The number of carbonyl (C=O) groups is 1. The zero-order chi connectivity index (χ0) is 15.8. The van der Waals surface area contributed by atoms with E-state index in [1.807, 2.05) is 13.0 Å². The van der Waals surface area contributed by atoms with Crippen molar-refractivity contribution in [3.05, 3.63) is 53.8 Å². The third-order valence-electron chi connectivity index (χ3n) is 2.74. The minimum absolute atomic E-state index is 0.0543. The molecule has 1 amide bonds. The van der Waals surface area contributed by atoms with Crippen LogP contribution in [0.15, 0.2) is 48.8 Å². The third-order valence-corrected chi connectivity index (χ3v) is 2.99. The van der Waals surface area contributed by atoms with Gasteiger partial charge in [0.15, 0.2) is 6.61 Å². The van der Waals surface area contributed by atoms with Gasteiger partial charge >= 0.3 is 0 Å². The summed E-state index contributed by atoms with van der Waals surface area (Å²) >= 11 is 5.77. The molecule has 0 unspecified atom stereocenters. The number of amides is 1. The number of benzene rings is 1. The molecule has 1 heterocycles. The molecule has 0 saturated carbocycles. The van der Waals surface area contributed by atoms with E-state index in [2.05, 4.69) is 10.3 Å². The normalized spacial score (nSPS) is 11.5. The fraction of sp³-hybridized carbons (Fsp3) is 0.250. The fourth-order valence-corrected chi connectivity index (χ4v) is 1.81. The second kappa shape index (κ2) is 8.24. The molecule has 1 aromatic carbocycles. The standard InChI is InChI=1S/C16H17ClN2O3/c1-12(22-15-3-2-8-18-10-15)9-19-16(20)11-21-14-6-4-13(17)5-7-14/h2-8,10,12H,9,11H2,1H3,(H,19,20)/t12-/m1/s1. The van der Waals surface area contributed by atoms with Crippen LogP contribution in [0.2, 0.25) is 5.02 Å². The number of rotatable bonds is 7. The van der Waals surface area contributed by atoms with Gasteiger partial charge in [0, 0.05) is 11.2 Å². The van der Waals surface area contributed by atoms with Gasteiger partial charge in [0.2, 0.25) is 0 Å². The molecule has 0 aliphatic carbocycles. The molecular formula is C16H17ClN2O3. The molecule has 0 fully saturated rings. The van der Waals surface area contributed by atoms with Crippen LogP contribution < -0.4 is 14.8 Å². The van der Waals surface area contributed by atoms with Crippen LogP contribution in [0.1, 0.15) is 6.92 Å². The Morgan fingerprint density at radius 2 is 2.05 bits per heavy atom. The summed E-state index contributed by atoms with van der Waals surface area (Å²) in [6.45, 7) is 2.20. The first-order valence-electron chi connectivity index (χ1n) is 6.85. The number of hydrogen-bond acceptors (Lipinski definition) is 4. The first-order valence-corrected chi connectivity index (χ1v) is 7.23. The maximum atomic E-state index is 11.7. The van der Waals surface area contributed by atoms with Gasteiger partial charge in [-0.1, -0.05) is 11.6 Å². The molecule has 0 saturated heterocycles. The second-order valence-corrected chi connectivity index (χ2v) is 5.10. The number of nitrogens with zero attached hydrogens (tertiary/aromatic N) is 1. The maximum absolute atomic E-state index is 11.7. The SMILES string of the molecule is C[C@H](CNC(=O)COc1ccc(Cl)cc1)Oc1cccnc1. The van der Waals surface area contributed by atoms with E-state index >= 15 is 0 Å². The van der Waals surface area contributed by atoms with E-state index < -0.39 is 0 Å². The highest BCUT2D eigenvalue weighted by atomic mass is 35.5. The molecule has 6 heteroatoms. The molecule has 0 radical (unpaired) electrons. The first kappa shape index (κ1) is 16.1. The summed E-state index contributed by atoms with van der Waals surface area (Å²) in [5.41, 5.74) is 0. The molecule has 2 rings (SSSR count). The minimum Gasteiger partial charge on any atom is -0.487 e. The van der Waals surface area contributed by atoms with E-state index in [0.29, 0.717) is 23.1 Å². The van der Waals surface area contributed by atoms with Gasteiger partial charge in [-0.25, -0.2) is 0 Å². The van der Waals surface area contributed by atoms with Crippen molar-refractivity contribution in [3.63, 3.8) is 0 Å². The van der Waals surface area contributed by atoms with Crippen molar-refractivity contribution in [1.29, 1.82) is 0 Å². The molecule has 1 N–H and O–H groups in total. The molecule has 1 aromatic heterocycles. The maximum Gasteiger partial charge on any atom is 0.258 e. The van der Waals surface area contributed by atoms with Crippen LogP contribution in [0.25, 0.3) is 0 Å². The smallest absolute Gasteiger partial charge is 0.258 e. The Morgan fingerprint density at radius 3 is 2.73 bits per heavy atom. The van der Waals surface area contributed by atoms with Crippen molar-refractivity contribution in [3.8, 4) is 11.5 Å². The molecule has 2 aromatic rings. The van der Waals surface area contributed by atoms with Crippen molar-refractivity contribution in [2.24, 2.45) is 0 Å². The Morgan fingerprint density at radius 1 is 1.27 bits per heavy atom. The van der Waals surface area contributed by atoms with E-state index in [0.717, 1.165) is 0 Å². The highest BCUT2D eigenvalue weighted by Gasteiger charge is 2.08. The van der Waals surface area contributed by atoms with E-state index in [1.54, 1.807) is 42.7 Å². The van der Waals surface area contributed by atoms with Crippen LogP contribution in [0.4, 0.5) is 0 Å². The molecule has 0 aliphatic rings. The summed E-state index contributed by atoms with van der Waals surface area (Å²) < 4.78 is 11.0. The van der Waals surface area contributed by atoms with Gasteiger partial charge in [-0.3, -0.25) is 9.78 Å². The average Bonchev–Trinajstić information content (AvgIpc) is 2.53. The van der Waals surface area contributed by atoms with Gasteiger partial charge in [-0.2, -0.15) is 0 Å². The van der Waals surface area contributed by atoms with E-state index in [1.165, 1.54) is 0 Å². The van der Waals surface area contributed by atoms with E-state index in [-0.39, 0.29) is 18.6 Å². The number of ether oxygens (including phenoxy) is 2. The van der Waals surface area contributed by atoms with Crippen LogP contribution in [0, 0.1) is 0 Å². The third kappa shape index (κ3) is 5.61. The van der Waals surface area contributed by atoms with Gasteiger partial charge in [0.1, 0.15) is 17.6 Å². The molecule has 116 valence electrons. The Balaban J connectivity index is 1.67. The molecule has 1 atom stereocenters. The van der Waals surface area contributed by atoms with Gasteiger partial charge < -0.3 is 14.8 Å². The Hall–Kier alpha value is -2.27. The first-order chi connectivity index (χ1) is 10.6. The lowest BCUT2D eigenvalue weighted by molar-refractivity contribution is -0.123. The van der Waals surface area contributed by atoms with Crippen molar-refractivity contribution >= 4 is 17.5 Å². The van der Waals surface area contributed by atoms with Gasteiger partial charge in [0.25, 0.3) is 5.91 Å². The highest BCUT2D eigenvalue weighted by Crippen LogP contribution is 2.15. The van der Waals surface area contributed by atoms with Crippen molar-refractivity contribution in [1.82, 2.24) is 10.3 Å². The number of carbonyl (C=O) groups excluding carboxylic acids is 1.